The molecule has 0 aromatic heterocycles. The van der Waals surface area contributed by atoms with Crippen molar-refractivity contribution in [3.63, 3.8) is 0 Å². The van der Waals surface area contributed by atoms with E-state index in [1.165, 1.54) is 0 Å². The van der Waals surface area contributed by atoms with Gasteiger partial charge in [-0.2, -0.15) is 4.31 Å². The lowest BCUT2D eigenvalue weighted by molar-refractivity contribution is -0.121. The van der Waals surface area contributed by atoms with Crippen molar-refractivity contribution in [3.05, 3.63) is 29.8 Å². The summed E-state index contributed by atoms with van der Waals surface area (Å²) in [5, 5.41) is 1.90. The summed E-state index contributed by atoms with van der Waals surface area (Å²) in [6, 6.07) is 1.86. The van der Waals surface area contributed by atoms with Crippen LogP contribution in [0.3, 0.4) is 0 Å². The van der Waals surface area contributed by atoms with Crippen LogP contribution in [0.15, 0.2) is 23.1 Å². The van der Waals surface area contributed by atoms with E-state index in [1.54, 1.807) is 4.90 Å². The van der Waals surface area contributed by atoms with E-state index < -0.39 is 38.5 Å². The topological polar surface area (TPSA) is 113 Å². The van der Waals surface area contributed by atoms with Crippen molar-refractivity contribution in [3.8, 4) is 0 Å². The van der Waals surface area contributed by atoms with E-state index in [0.717, 1.165) is 22.5 Å². The number of nitrogens with zero attached hydrogens (tertiary/aromatic N) is 2. The fourth-order valence-electron chi connectivity index (χ4n) is 2.37. The second kappa shape index (κ2) is 7.20. The predicted molar refractivity (Wildman–Crippen MR) is 79.3 cm³/mol. The van der Waals surface area contributed by atoms with Gasteiger partial charge >= 0.3 is 6.03 Å². The zero-order valence-corrected chi connectivity index (χ0v) is 13.4. The first-order valence-corrected chi connectivity index (χ1v) is 8.41. The molecule has 1 aliphatic heterocycles. The summed E-state index contributed by atoms with van der Waals surface area (Å²) in [5.41, 5.74) is 4.82. The predicted octanol–water partition coefficient (Wildman–Crippen LogP) is -0.534. The maximum Gasteiger partial charge on any atom is 0.318 e. The number of sulfonamides is 1. The molecule has 1 aromatic rings. The average molecular weight is 362 g/mol. The molecule has 3 N–H and O–H groups in total. The highest BCUT2D eigenvalue weighted by Gasteiger charge is 2.33. The van der Waals surface area contributed by atoms with E-state index in [9.17, 15) is 26.8 Å². The standard InChI is InChI=1S/C13H16F2N4O4S/c14-9-2-1-3-10(15)12(9)24(22,23)19-6-4-18(5-7-19)8-11(20)17-13(16)21/h1-3H,4-8H2,(H3,16,17,20,21). The Labute approximate surface area is 137 Å². The number of hydrogen-bond donors (Lipinski definition) is 2. The molecule has 24 heavy (non-hydrogen) atoms. The Bertz CT molecular complexity index is 728. The Morgan fingerprint density at radius 2 is 1.67 bits per heavy atom. The second-order valence-corrected chi connectivity index (χ2v) is 7.02. The second-order valence-electron chi connectivity index (χ2n) is 5.14. The summed E-state index contributed by atoms with van der Waals surface area (Å²) >= 11 is 0. The molecule has 1 fully saturated rings. The molecule has 0 saturated carbocycles. The number of rotatable bonds is 4. The Hall–Kier alpha value is -2.11. The Kier molecular flexibility index (Phi) is 5.47. The molecule has 0 radical (unpaired) electrons. The van der Waals surface area contributed by atoms with Crippen molar-refractivity contribution in [2.24, 2.45) is 5.73 Å². The van der Waals surface area contributed by atoms with Gasteiger partial charge in [0, 0.05) is 26.2 Å². The first-order valence-electron chi connectivity index (χ1n) is 6.97. The van der Waals surface area contributed by atoms with Gasteiger partial charge in [0.2, 0.25) is 15.9 Å². The number of nitrogens with two attached hydrogens (primary N) is 1. The number of imide groups is 1. The molecule has 0 atom stereocenters. The lowest BCUT2D eigenvalue weighted by atomic mass is 10.3. The molecule has 11 heteroatoms. The summed E-state index contributed by atoms with van der Waals surface area (Å²) in [4.78, 5) is 22.6. The van der Waals surface area contributed by atoms with Gasteiger partial charge in [0.15, 0.2) is 4.90 Å². The van der Waals surface area contributed by atoms with Crippen molar-refractivity contribution in [1.29, 1.82) is 0 Å². The normalized spacial score (nSPS) is 16.8. The van der Waals surface area contributed by atoms with E-state index >= 15 is 0 Å². The maximum atomic E-state index is 13.7. The number of halogens is 2. The lowest BCUT2D eigenvalue weighted by Crippen LogP contribution is -2.52. The summed E-state index contributed by atoms with van der Waals surface area (Å²) < 4.78 is 53.2. The lowest BCUT2D eigenvalue weighted by Gasteiger charge is -2.33. The van der Waals surface area contributed by atoms with Crippen LogP contribution in [0.4, 0.5) is 13.6 Å². The molecule has 0 bridgehead atoms. The quantitative estimate of drug-likeness (QED) is 0.747. The van der Waals surface area contributed by atoms with Gasteiger partial charge in [-0.3, -0.25) is 15.0 Å². The van der Waals surface area contributed by atoms with Gasteiger partial charge in [-0.25, -0.2) is 22.0 Å². The molecule has 1 saturated heterocycles. The number of benzene rings is 1. The molecule has 3 amide bonds. The maximum absolute atomic E-state index is 13.7. The molecule has 1 aromatic carbocycles. The minimum absolute atomic E-state index is 0.0417. The summed E-state index contributed by atoms with van der Waals surface area (Å²) in [6.07, 6.45) is 0. The van der Waals surface area contributed by atoms with Gasteiger partial charge in [-0.05, 0) is 12.1 Å². The molecular formula is C13H16F2N4O4S. The first kappa shape index (κ1) is 18.2. The fourth-order valence-corrected chi connectivity index (χ4v) is 3.90. The number of piperazine rings is 1. The minimum Gasteiger partial charge on any atom is -0.351 e. The number of nitrogens with one attached hydrogen (secondary N) is 1. The highest BCUT2D eigenvalue weighted by atomic mass is 32.2. The van der Waals surface area contributed by atoms with Gasteiger partial charge in [0.1, 0.15) is 11.6 Å². The molecule has 1 heterocycles. The van der Waals surface area contributed by atoms with Crippen LogP contribution in [0.2, 0.25) is 0 Å². The monoisotopic (exact) mass is 362 g/mol. The number of primary amides is 1. The van der Waals surface area contributed by atoms with E-state index in [2.05, 4.69) is 0 Å². The van der Waals surface area contributed by atoms with Crippen LogP contribution in [0, 0.1) is 11.6 Å². The molecule has 8 nitrogen and oxygen atoms in total. The van der Waals surface area contributed by atoms with Crippen LogP contribution in [-0.4, -0.2) is 62.3 Å². The smallest absolute Gasteiger partial charge is 0.318 e. The number of hydrogen-bond acceptors (Lipinski definition) is 5. The highest BCUT2D eigenvalue weighted by Crippen LogP contribution is 2.23. The van der Waals surface area contributed by atoms with Crippen molar-refractivity contribution in [2.75, 3.05) is 32.7 Å². The van der Waals surface area contributed by atoms with Gasteiger partial charge in [0.05, 0.1) is 6.54 Å². The minimum atomic E-state index is -4.31. The summed E-state index contributed by atoms with van der Waals surface area (Å²) in [7, 11) is -4.31. The van der Waals surface area contributed by atoms with Crippen LogP contribution >= 0.6 is 0 Å². The van der Waals surface area contributed by atoms with Gasteiger partial charge < -0.3 is 5.73 Å². The van der Waals surface area contributed by atoms with Crippen molar-refractivity contribution in [2.45, 2.75) is 4.90 Å². The fraction of sp³-hybridized carbons (Fsp3) is 0.385. The van der Waals surface area contributed by atoms with Crippen LogP contribution in [0.25, 0.3) is 0 Å². The largest absolute Gasteiger partial charge is 0.351 e. The molecule has 0 spiro atoms. The van der Waals surface area contributed by atoms with Crippen LogP contribution < -0.4 is 11.1 Å². The Morgan fingerprint density at radius 3 is 2.17 bits per heavy atom. The zero-order chi connectivity index (χ0) is 17.9. The van der Waals surface area contributed by atoms with Crippen molar-refractivity contribution >= 4 is 22.0 Å². The third kappa shape index (κ3) is 4.04. The molecular weight excluding hydrogens is 346 g/mol. The molecule has 2 rings (SSSR count). The van der Waals surface area contributed by atoms with E-state index in [-0.39, 0.29) is 32.7 Å². The number of carbonyl (C=O) groups excluding carboxylic acids is 2. The SMILES string of the molecule is NC(=O)NC(=O)CN1CCN(S(=O)(=O)c2c(F)cccc2F)CC1. The number of carbonyl (C=O) groups is 2. The van der Waals surface area contributed by atoms with Crippen LogP contribution in [0.1, 0.15) is 0 Å². The number of urea groups is 1. The summed E-state index contributed by atoms with van der Waals surface area (Å²) in [5.74, 6) is -2.92. The van der Waals surface area contributed by atoms with E-state index in [0.29, 0.717) is 0 Å². The molecule has 132 valence electrons. The van der Waals surface area contributed by atoms with Gasteiger partial charge in [-0.15, -0.1) is 0 Å². The highest BCUT2D eigenvalue weighted by molar-refractivity contribution is 7.89. The molecule has 0 aliphatic carbocycles. The number of amides is 3. The third-order valence-corrected chi connectivity index (χ3v) is 5.43. The van der Waals surface area contributed by atoms with Crippen molar-refractivity contribution in [1.82, 2.24) is 14.5 Å². The zero-order valence-electron chi connectivity index (χ0n) is 12.5. The van der Waals surface area contributed by atoms with E-state index in [1.807, 2.05) is 5.32 Å². The summed E-state index contributed by atoms with van der Waals surface area (Å²) in [6.45, 7) is 0.119. The third-order valence-electron chi connectivity index (χ3n) is 3.48. The molecule has 0 unspecified atom stereocenters. The van der Waals surface area contributed by atoms with Gasteiger partial charge in [0.25, 0.3) is 0 Å². The molecule has 1 aliphatic rings. The van der Waals surface area contributed by atoms with Crippen LogP contribution in [0.5, 0.6) is 0 Å². The van der Waals surface area contributed by atoms with Gasteiger partial charge in [-0.1, -0.05) is 6.07 Å². The Morgan fingerprint density at radius 1 is 1.12 bits per heavy atom. The first-order chi connectivity index (χ1) is 11.2. The van der Waals surface area contributed by atoms with Crippen molar-refractivity contribution < 1.29 is 26.8 Å². The van der Waals surface area contributed by atoms with Crippen LogP contribution in [-0.2, 0) is 14.8 Å². The average Bonchev–Trinajstić information content (AvgIpc) is 2.46. The Balaban J connectivity index is 2.04. The van der Waals surface area contributed by atoms with E-state index in [4.69, 9.17) is 5.73 Å².